The van der Waals surface area contributed by atoms with Crippen LogP contribution in [0.25, 0.3) is 0 Å². The summed E-state index contributed by atoms with van der Waals surface area (Å²) in [5.74, 6) is 0.0508. The molecule has 0 saturated carbocycles. The summed E-state index contributed by atoms with van der Waals surface area (Å²) >= 11 is 1.56. The molecule has 0 spiro atoms. The Kier molecular flexibility index (Phi) is 4.90. The number of hydrogen-bond acceptors (Lipinski definition) is 3. The second kappa shape index (κ2) is 7.09. The summed E-state index contributed by atoms with van der Waals surface area (Å²) < 4.78 is 0. The van der Waals surface area contributed by atoms with Gasteiger partial charge in [-0.1, -0.05) is 12.1 Å². The zero-order valence-corrected chi connectivity index (χ0v) is 14.7. The molecule has 5 heteroatoms. The molecule has 1 heterocycles. The van der Waals surface area contributed by atoms with E-state index in [2.05, 4.69) is 5.32 Å². The van der Waals surface area contributed by atoms with Crippen molar-refractivity contribution in [3.63, 3.8) is 0 Å². The molecule has 1 aliphatic rings. The van der Waals surface area contributed by atoms with E-state index in [9.17, 15) is 9.59 Å². The van der Waals surface area contributed by atoms with E-state index >= 15 is 0 Å². The average molecular weight is 340 g/mol. The van der Waals surface area contributed by atoms with E-state index in [1.54, 1.807) is 16.7 Å². The Hall–Kier alpha value is -2.27. The minimum Gasteiger partial charge on any atom is -0.322 e. The van der Waals surface area contributed by atoms with Crippen LogP contribution in [0.2, 0.25) is 0 Å². The van der Waals surface area contributed by atoms with E-state index in [-0.39, 0.29) is 11.8 Å². The SMILES string of the molecule is CCN1C(=O)CCc2cc(NC(=O)c3ccccc3SC)ccc21. The molecule has 0 saturated heterocycles. The van der Waals surface area contributed by atoms with E-state index in [4.69, 9.17) is 0 Å². The van der Waals surface area contributed by atoms with Crippen molar-refractivity contribution in [2.75, 3.05) is 23.0 Å². The predicted octanol–water partition coefficient (Wildman–Crippen LogP) is 3.96. The van der Waals surface area contributed by atoms with Crippen molar-refractivity contribution < 1.29 is 9.59 Å². The smallest absolute Gasteiger partial charge is 0.256 e. The zero-order valence-electron chi connectivity index (χ0n) is 13.8. The molecule has 1 N–H and O–H groups in total. The quantitative estimate of drug-likeness (QED) is 0.857. The Labute approximate surface area is 146 Å². The number of nitrogens with zero attached hydrogens (tertiary/aromatic N) is 1. The maximum Gasteiger partial charge on any atom is 0.256 e. The third kappa shape index (κ3) is 3.17. The molecule has 4 nitrogen and oxygen atoms in total. The summed E-state index contributed by atoms with van der Waals surface area (Å²) in [5.41, 5.74) is 3.50. The molecule has 2 amide bonds. The van der Waals surface area contributed by atoms with Gasteiger partial charge >= 0.3 is 0 Å². The summed E-state index contributed by atoms with van der Waals surface area (Å²) in [6.45, 7) is 2.64. The predicted molar refractivity (Wildman–Crippen MR) is 99.0 cm³/mol. The van der Waals surface area contributed by atoms with Gasteiger partial charge < -0.3 is 10.2 Å². The van der Waals surface area contributed by atoms with Crippen LogP contribution < -0.4 is 10.2 Å². The van der Waals surface area contributed by atoms with Crippen LogP contribution in [0.1, 0.15) is 29.3 Å². The number of amides is 2. The Balaban J connectivity index is 1.84. The third-order valence-corrected chi connectivity index (χ3v) is 5.00. The van der Waals surface area contributed by atoms with Crippen molar-refractivity contribution in [1.29, 1.82) is 0 Å². The molecule has 0 aromatic heterocycles. The fourth-order valence-corrected chi connectivity index (χ4v) is 3.61. The van der Waals surface area contributed by atoms with Gasteiger partial charge in [-0.05, 0) is 55.5 Å². The van der Waals surface area contributed by atoms with Crippen LogP contribution in [0.15, 0.2) is 47.4 Å². The van der Waals surface area contributed by atoms with Crippen molar-refractivity contribution in [2.45, 2.75) is 24.7 Å². The second-order valence-corrected chi connectivity index (χ2v) is 6.48. The highest BCUT2D eigenvalue weighted by atomic mass is 32.2. The van der Waals surface area contributed by atoms with Gasteiger partial charge in [0.2, 0.25) is 5.91 Å². The molecule has 0 atom stereocenters. The van der Waals surface area contributed by atoms with Crippen molar-refractivity contribution in [2.24, 2.45) is 0 Å². The number of carbonyl (C=O) groups excluding carboxylic acids is 2. The van der Waals surface area contributed by atoms with Crippen molar-refractivity contribution >= 4 is 35.0 Å². The Morgan fingerprint density at radius 1 is 1.21 bits per heavy atom. The third-order valence-electron chi connectivity index (χ3n) is 4.21. The van der Waals surface area contributed by atoms with Gasteiger partial charge in [0.15, 0.2) is 0 Å². The number of benzene rings is 2. The molecule has 0 bridgehead atoms. The van der Waals surface area contributed by atoms with Crippen molar-refractivity contribution in [3.05, 3.63) is 53.6 Å². The maximum absolute atomic E-state index is 12.5. The normalized spacial score (nSPS) is 13.6. The molecular formula is C19H20N2O2S. The van der Waals surface area contributed by atoms with Gasteiger partial charge in [0.1, 0.15) is 0 Å². The van der Waals surface area contributed by atoms with Crippen LogP contribution in [0.4, 0.5) is 11.4 Å². The van der Waals surface area contributed by atoms with Crippen LogP contribution in [0.3, 0.4) is 0 Å². The van der Waals surface area contributed by atoms with Crippen LogP contribution in [-0.4, -0.2) is 24.6 Å². The lowest BCUT2D eigenvalue weighted by Crippen LogP contribution is -2.34. The number of carbonyl (C=O) groups is 2. The van der Waals surface area contributed by atoms with E-state index in [1.807, 2.05) is 55.6 Å². The van der Waals surface area contributed by atoms with Gasteiger partial charge in [-0.3, -0.25) is 9.59 Å². The molecule has 1 aliphatic heterocycles. The van der Waals surface area contributed by atoms with E-state index in [0.717, 1.165) is 28.3 Å². The number of hydrogen-bond donors (Lipinski definition) is 1. The molecule has 24 heavy (non-hydrogen) atoms. The Bertz CT molecular complexity index is 789. The van der Waals surface area contributed by atoms with Crippen LogP contribution in [0.5, 0.6) is 0 Å². The highest BCUT2D eigenvalue weighted by molar-refractivity contribution is 7.98. The van der Waals surface area contributed by atoms with E-state index in [0.29, 0.717) is 18.5 Å². The van der Waals surface area contributed by atoms with Gasteiger partial charge in [-0.15, -0.1) is 11.8 Å². The fourth-order valence-electron chi connectivity index (χ4n) is 3.02. The summed E-state index contributed by atoms with van der Waals surface area (Å²) in [4.78, 5) is 27.3. The van der Waals surface area contributed by atoms with Crippen LogP contribution in [0, 0.1) is 0 Å². The maximum atomic E-state index is 12.5. The summed E-state index contributed by atoms with van der Waals surface area (Å²) in [6, 6.07) is 13.3. The molecule has 0 aliphatic carbocycles. The first-order valence-corrected chi connectivity index (χ1v) is 9.24. The fraction of sp³-hybridized carbons (Fsp3) is 0.263. The van der Waals surface area contributed by atoms with Crippen LogP contribution in [-0.2, 0) is 11.2 Å². The summed E-state index contributed by atoms with van der Waals surface area (Å²) in [5, 5.41) is 2.97. The highest BCUT2D eigenvalue weighted by Gasteiger charge is 2.23. The highest BCUT2D eigenvalue weighted by Crippen LogP contribution is 2.30. The number of anilines is 2. The monoisotopic (exact) mass is 340 g/mol. The number of aryl methyl sites for hydroxylation is 1. The first kappa shape index (κ1) is 16.6. The van der Waals surface area contributed by atoms with Gasteiger partial charge in [0.05, 0.1) is 5.56 Å². The Morgan fingerprint density at radius 2 is 2.00 bits per heavy atom. The molecule has 0 unspecified atom stereocenters. The molecule has 2 aromatic rings. The topological polar surface area (TPSA) is 49.4 Å². The second-order valence-electron chi connectivity index (χ2n) is 5.64. The number of rotatable bonds is 4. The number of nitrogens with one attached hydrogen (secondary N) is 1. The lowest BCUT2D eigenvalue weighted by Gasteiger charge is -2.28. The summed E-state index contributed by atoms with van der Waals surface area (Å²) in [7, 11) is 0. The lowest BCUT2D eigenvalue weighted by molar-refractivity contribution is -0.118. The molecule has 2 aromatic carbocycles. The van der Waals surface area contributed by atoms with Crippen molar-refractivity contribution in [3.8, 4) is 0 Å². The molecular weight excluding hydrogens is 320 g/mol. The minimum absolute atomic E-state index is 0.112. The molecule has 0 fully saturated rings. The standard InChI is InChI=1S/C19H20N2O2S/c1-3-21-16-10-9-14(12-13(16)8-11-18(21)22)20-19(23)15-6-4-5-7-17(15)24-2/h4-7,9-10,12H,3,8,11H2,1-2H3,(H,20,23). The van der Waals surface area contributed by atoms with Crippen molar-refractivity contribution in [1.82, 2.24) is 0 Å². The molecule has 0 radical (unpaired) electrons. The largest absolute Gasteiger partial charge is 0.322 e. The van der Waals surface area contributed by atoms with E-state index in [1.165, 1.54) is 0 Å². The van der Waals surface area contributed by atoms with Crippen LogP contribution >= 0.6 is 11.8 Å². The first-order chi connectivity index (χ1) is 11.6. The van der Waals surface area contributed by atoms with Gasteiger partial charge in [0, 0.05) is 29.2 Å². The minimum atomic E-state index is -0.112. The number of fused-ring (bicyclic) bond motifs is 1. The van der Waals surface area contributed by atoms with Gasteiger partial charge in [0.25, 0.3) is 5.91 Å². The van der Waals surface area contributed by atoms with Gasteiger partial charge in [-0.2, -0.15) is 0 Å². The average Bonchev–Trinajstić information content (AvgIpc) is 2.61. The lowest BCUT2D eigenvalue weighted by atomic mass is 10.0. The molecule has 124 valence electrons. The van der Waals surface area contributed by atoms with Gasteiger partial charge in [-0.25, -0.2) is 0 Å². The summed E-state index contributed by atoms with van der Waals surface area (Å²) in [6.07, 6.45) is 3.20. The first-order valence-electron chi connectivity index (χ1n) is 8.01. The molecule has 3 rings (SSSR count). The number of thioether (sulfide) groups is 1. The zero-order chi connectivity index (χ0) is 17.1. The van der Waals surface area contributed by atoms with E-state index < -0.39 is 0 Å². The Morgan fingerprint density at radius 3 is 2.75 bits per heavy atom.